The van der Waals surface area contributed by atoms with Crippen LogP contribution in [-0.4, -0.2) is 40.7 Å². The van der Waals surface area contributed by atoms with Crippen molar-refractivity contribution >= 4 is 33.2 Å². The van der Waals surface area contributed by atoms with Crippen molar-refractivity contribution in [2.45, 2.75) is 18.7 Å². The first kappa shape index (κ1) is 24.1. The Bertz CT molecular complexity index is 1370. The van der Waals surface area contributed by atoms with E-state index in [1.54, 1.807) is 18.2 Å². The van der Waals surface area contributed by atoms with Crippen LogP contribution in [-0.2, 0) is 0 Å². The van der Waals surface area contributed by atoms with Crippen molar-refractivity contribution in [3.05, 3.63) is 70.2 Å². The van der Waals surface area contributed by atoms with Gasteiger partial charge >= 0.3 is 6.18 Å². The molecule has 1 N–H and O–H groups in total. The smallest absolute Gasteiger partial charge is 0.391 e. The molecule has 0 amide bonds. The first-order valence-electron chi connectivity index (χ1n) is 9.98. The summed E-state index contributed by atoms with van der Waals surface area (Å²) in [5.74, 6) is 0.326. The number of thiophene rings is 1. The number of benzene rings is 2. The number of aliphatic hydroxyl groups excluding tert-OH is 1. The van der Waals surface area contributed by atoms with E-state index < -0.39 is 25.3 Å². The number of ether oxygens (including phenoxy) is 2. The van der Waals surface area contributed by atoms with Gasteiger partial charge in [0.25, 0.3) is 5.56 Å². The van der Waals surface area contributed by atoms with Crippen molar-refractivity contribution in [3.63, 3.8) is 0 Å². The molecule has 0 bridgehead atoms. The van der Waals surface area contributed by atoms with Crippen LogP contribution in [0.25, 0.3) is 26.3 Å². The Morgan fingerprint density at radius 1 is 1.15 bits per heavy atom. The Labute approximate surface area is 200 Å². The second-order valence-electron chi connectivity index (χ2n) is 7.37. The topological polar surface area (TPSA) is 73.6 Å². The zero-order chi connectivity index (χ0) is 24.5. The minimum atomic E-state index is -4.50. The summed E-state index contributed by atoms with van der Waals surface area (Å²) in [5.41, 5.74) is 1.61. The number of alkyl halides is 3. The van der Waals surface area contributed by atoms with Crippen LogP contribution in [0.5, 0.6) is 11.5 Å². The second-order valence-corrected chi connectivity index (χ2v) is 8.86. The molecule has 11 heteroatoms. The summed E-state index contributed by atoms with van der Waals surface area (Å²) in [5, 5.41) is 10.1. The summed E-state index contributed by atoms with van der Waals surface area (Å²) in [4.78, 5) is 18.4. The fourth-order valence-corrected chi connectivity index (χ4v) is 4.46. The highest BCUT2D eigenvalue weighted by molar-refractivity contribution is 7.22. The van der Waals surface area contributed by atoms with Crippen LogP contribution in [0.4, 0.5) is 13.2 Å². The van der Waals surface area contributed by atoms with Gasteiger partial charge in [-0.15, -0.1) is 11.3 Å². The second kappa shape index (κ2) is 9.65. The van der Waals surface area contributed by atoms with Crippen molar-refractivity contribution in [1.82, 2.24) is 9.55 Å². The number of hydrogen-bond acceptors (Lipinski definition) is 6. The van der Waals surface area contributed by atoms with E-state index in [0.717, 1.165) is 10.4 Å². The monoisotopic (exact) mass is 510 g/mol. The molecule has 2 aromatic carbocycles. The quantitative estimate of drug-likeness (QED) is 0.357. The lowest BCUT2D eigenvalue weighted by Gasteiger charge is -2.16. The van der Waals surface area contributed by atoms with Gasteiger partial charge in [-0.2, -0.15) is 13.2 Å². The number of nitrogens with zero attached hydrogens (tertiary/aromatic N) is 2. The molecular weight excluding hydrogens is 493 g/mol. The van der Waals surface area contributed by atoms with Gasteiger partial charge in [-0.3, -0.25) is 9.36 Å². The molecule has 0 aliphatic rings. The average Bonchev–Trinajstić information content (AvgIpc) is 3.22. The Balaban J connectivity index is 1.61. The van der Waals surface area contributed by atoms with E-state index in [4.69, 9.17) is 21.1 Å². The van der Waals surface area contributed by atoms with E-state index >= 15 is 0 Å². The van der Waals surface area contributed by atoms with E-state index in [9.17, 15) is 23.1 Å². The lowest BCUT2D eigenvalue weighted by Crippen LogP contribution is -2.25. The molecule has 0 aliphatic carbocycles. The molecule has 0 aliphatic heterocycles. The lowest BCUT2D eigenvalue weighted by molar-refractivity contribution is -0.156. The van der Waals surface area contributed by atoms with Gasteiger partial charge in [-0.05, 0) is 35.9 Å². The van der Waals surface area contributed by atoms with Crippen LogP contribution in [0.15, 0.2) is 59.7 Å². The highest BCUT2D eigenvalue weighted by Gasteiger charge is 2.31. The van der Waals surface area contributed by atoms with Gasteiger partial charge in [0, 0.05) is 16.0 Å². The fraction of sp³-hybridized carbons (Fsp3) is 0.217. The molecular formula is C23H18ClF3N2O4S. The van der Waals surface area contributed by atoms with Crippen molar-refractivity contribution in [2.24, 2.45) is 0 Å². The molecule has 1 atom stereocenters. The Kier molecular flexibility index (Phi) is 6.83. The Morgan fingerprint density at radius 2 is 1.88 bits per heavy atom. The van der Waals surface area contributed by atoms with Crippen molar-refractivity contribution < 1.29 is 27.8 Å². The van der Waals surface area contributed by atoms with Crippen LogP contribution in [0.2, 0.25) is 5.02 Å². The number of aromatic nitrogens is 2. The molecule has 1 unspecified atom stereocenters. The first-order valence-corrected chi connectivity index (χ1v) is 11.2. The molecule has 178 valence electrons. The maximum atomic E-state index is 13.2. The maximum absolute atomic E-state index is 13.2. The fourth-order valence-electron chi connectivity index (χ4n) is 3.29. The third kappa shape index (κ3) is 5.35. The van der Waals surface area contributed by atoms with Crippen molar-refractivity contribution in [3.8, 4) is 27.6 Å². The van der Waals surface area contributed by atoms with E-state index in [1.165, 1.54) is 41.5 Å². The summed E-state index contributed by atoms with van der Waals surface area (Å²) in [7, 11) is 1.36. The van der Waals surface area contributed by atoms with Crippen LogP contribution in [0.1, 0.15) is 6.42 Å². The van der Waals surface area contributed by atoms with Gasteiger partial charge < -0.3 is 14.6 Å². The predicted molar refractivity (Wildman–Crippen MR) is 124 cm³/mol. The van der Waals surface area contributed by atoms with Gasteiger partial charge in [0.1, 0.15) is 17.6 Å². The average molecular weight is 511 g/mol. The number of aliphatic hydroxyl groups is 1. The Morgan fingerprint density at radius 3 is 2.56 bits per heavy atom. The molecule has 0 radical (unpaired) electrons. The number of methoxy groups -OCH3 is 1. The number of halogens is 4. The summed E-state index contributed by atoms with van der Waals surface area (Å²) in [6.07, 6.45) is -6.20. The summed E-state index contributed by atoms with van der Waals surface area (Å²) >= 11 is 7.26. The van der Waals surface area contributed by atoms with Crippen LogP contribution in [0.3, 0.4) is 0 Å². The Hall–Kier alpha value is -3.08. The zero-order valence-electron chi connectivity index (χ0n) is 17.7. The molecule has 4 rings (SSSR count). The number of rotatable bonds is 7. The molecule has 2 heterocycles. The molecule has 34 heavy (non-hydrogen) atoms. The minimum absolute atomic E-state index is 0.135. The molecule has 2 aromatic heterocycles. The van der Waals surface area contributed by atoms with E-state index in [1.807, 2.05) is 18.2 Å². The van der Waals surface area contributed by atoms with Crippen LogP contribution >= 0.6 is 22.9 Å². The van der Waals surface area contributed by atoms with Crippen molar-refractivity contribution in [1.29, 1.82) is 0 Å². The van der Waals surface area contributed by atoms with Crippen molar-refractivity contribution in [2.75, 3.05) is 13.7 Å². The van der Waals surface area contributed by atoms with Gasteiger partial charge in [0.2, 0.25) is 0 Å². The highest BCUT2D eigenvalue weighted by Crippen LogP contribution is 2.33. The van der Waals surface area contributed by atoms with Crippen LogP contribution in [0, 0.1) is 0 Å². The molecule has 0 spiro atoms. The van der Waals surface area contributed by atoms with Crippen LogP contribution < -0.4 is 15.0 Å². The number of hydrogen-bond donors (Lipinski definition) is 1. The van der Waals surface area contributed by atoms with Gasteiger partial charge in [0.05, 0.1) is 30.8 Å². The third-order valence-electron chi connectivity index (χ3n) is 4.89. The standard InChI is InChI=1S/C23H18ClF3N2O4S/c1-32-19-8-15(6-7-18(19)33-11-16(30)10-23(25,26)27)29-12-28-17-9-20(34-21(17)22(29)31)13-2-4-14(24)5-3-13/h2-9,12,16,30H,10-11H2,1H3. The van der Waals surface area contributed by atoms with E-state index in [0.29, 0.717) is 20.9 Å². The molecule has 0 saturated carbocycles. The van der Waals surface area contributed by atoms with Gasteiger partial charge in [0.15, 0.2) is 11.5 Å². The highest BCUT2D eigenvalue weighted by atomic mass is 35.5. The summed E-state index contributed by atoms with van der Waals surface area (Å²) in [6.45, 7) is -0.564. The third-order valence-corrected chi connectivity index (χ3v) is 6.30. The largest absolute Gasteiger partial charge is 0.493 e. The first-order chi connectivity index (χ1) is 16.1. The normalized spacial score (nSPS) is 12.6. The summed E-state index contributed by atoms with van der Waals surface area (Å²) in [6, 6.07) is 13.6. The number of fused-ring (bicyclic) bond motifs is 1. The minimum Gasteiger partial charge on any atom is -0.493 e. The molecule has 0 fully saturated rings. The molecule has 6 nitrogen and oxygen atoms in total. The van der Waals surface area contributed by atoms with Gasteiger partial charge in [-0.25, -0.2) is 4.98 Å². The molecule has 0 saturated heterocycles. The van der Waals surface area contributed by atoms with Gasteiger partial charge in [-0.1, -0.05) is 23.7 Å². The van der Waals surface area contributed by atoms with E-state index in [2.05, 4.69) is 4.98 Å². The summed E-state index contributed by atoms with van der Waals surface area (Å²) < 4.78 is 49.6. The zero-order valence-corrected chi connectivity index (χ0v) is 19.2. The maximum Gasteiger partial charge on any atom is 0.391 e. The SMILES string of the molecule is COc1cc(-n2cnc3cc(-c4ccc(Cl)cc4)sc3c2=O)ccc1OCC(O)CC(F)(F)F. The lowest BCUT2D eigenvalue weighted by atomic mass is 10.2. The van der Waals surface area contributed by atoms with E-state index in [-0.39, 0.29) is 17.1 Å². The molecule has 4 aromatic rings. The predicted octanol–water partition coefficient (Wildman–Crippen LogP) is 5.47.